The molecule has 0 saturated heterocycles. The van der Waals surface area contributed by atoms with E-state index in [2.05, 4.69) is 38.7 Å². The fraction of sp³-hybridized carbons (Fsp3) is 0.545. The highest BCUT2D eigenvalue weighted by Gasteiger charge is 1.97. The summed E-state index contributed by atoms with van der Waals surface area (Å²) in [5.74, 6) is 2.07. The molecular weight excluding hydrogens is 365 g/mol. The molecule has 3 nitrogen and oxygen atoms in total. The van der Waals surface area contributed by atoms with Crippen molar-refractivity contribution in [1.82, 2.24) is 10.6 Å². The molecule has 0 saturated carbocycles. The van der Waals surface area contributed by atoms with Gasteiger partial charge in [0.25, 0.3) is 0 Å². The van der Waals surface area contributed by atoms with Crippen LogP contribution in [0.4, 0.5) is 0 Å². The molecule has 0 amide bonds. The van der Waals surface area contributed by atoms with E-state index in [0.717, 1.165) is 19.0 Å². The van der Waals surface area contributed by atoms with Crippen LogP contribution in [0.2, 0.25) is 0 Å². The third-order valence-corrected chi connectivity index (χ3v) is 3.51. The molecule has 0 aliphatic carbocycles. The van der Waals surface area contributed by atoms with Crippen LogP contribution in [-0.2, 0) is 6.54 Å². The average Bonchev–Trinajstić information content (AvgIpc) is 2.81. The quantitative estimate of drug-likeness (QED) is 0.342. The highest BCUT2D eigenvalue weighted by Crippen LogP contribution is 2.04. The predicted octanol–water partition coefficient (Wildman–Crippen LogP) is 2.78. The summed E-state index contributed by atoms with van der Waals surface area (Å²) >= 11 is 3.59. The van der Waals surface area contributed by atoms with E-state index in [1.54, 1.807) is 18.4 Å². The summed E-state index contributed by atoms with van der Waals surface area (Å²) in [7, 11) is 1.80. The smallest absolute Gasteiger partial charge is 0.191 e. The molecular formula is C11H20IN3S2. The lowest BCUT2D eigenvalue weighted by molar-refractivity contribution is 0.787. The molecule has 17 heavy (non-hydrogen) atoms. The van der Waals surface area contributed by atoms with Crippen molar-refractivity contribution >= 4 is 53.0 Å². The molecule has 0 aliphatic rings. The van der Waals surface area contributed by atoms with Crippen molar-refractivity contribution in [2.24, 2.45) is 4.99 Å². The number of nitrogens with one attached hydrogen (secondary N) is 2. The molecule has 0 aromatic carbocycles. The van der Waals surface area contributed by atoms with Crippen LogP contribution in [0, 0.1) is 0 Å². The number of guanidine groups is 1. The average molecular weight is 385 g/mol. The Morgan fingerprint density at radius 3 is 2.88 bits per heavy atom. The highest BCUT2D eigenvalue weighted by molar-refractivity contribution is 14.0. The Balaban J connectivity index is 0.00000256. The van der Waals surface area contributed by atoms with Gasteiger partial charge < -0.3 is 10.6 Å². The highest BCUT2D eigenvalue weighted by atomic mass is 127. The molecule has 0 unspecified atom stereocenters. The Labute approximate surface area is 129 Å². The summed E-state index contributed by atoms with van der Waals surface area (Å²) < 4.78 is 0. The monoisotopic (exact) mass is 385 g/mol. The second-order valence-corrected chi connectivity index (χ2v) is 5.10. The Kier molecular flexibility index (Phi) is 11.2. The van der Waals surface area contributed by atoms with Gasteiger partial charge in [0.05, 0.1) is 0 Å². The number of thiophene rings is 1. The van der Waals surface area contributed by atoms with Gasteiger partial charge in [0.2, 0.25) is 0 Å². The zero-order valence-electron chi connectivity index (χ0n) is 10.2. The van der Waals surface area contributed by atoms with E-state index < -0.39 is 0 Å². The normalized spacial score (nSPS) is 10.8. The van der Waals surface area contributed by atoms with Crippen LogP contribution in [-0.4, -0.2) is 31.6 Å². The number of aliphatic imine (C=N–C) groups is 1. The second-order valence-electron chi connectivity index (χ2n) is 3.33. The molecule has 1 heterocycles. The van der Waals surface area contributed by atoms with Crippen molar-refractivity contribution in [1.29, 1.82) is 0 Å². The summed E-state index contributed by atoms with van der Waals surface area (Å²) in [5.41, 5.74) is 1.30. The summed E-state index contributed by atoms with van der Waals surface area (Å²) in [6, 6.07) is 2.12. The van der Waals surface area contributed by atoms with Crippen LogP contribution >= 0.6 is 47.1 Å². The number of hydrogen-bond acceptors (Lipinski definition) is 3. The molecule has 1 aromatic rings. The fourth-order valence-electron chi connectivity index (χ4n) is 1.22. The van der Waals surface area contributed by atoms with E-state index in [1.807, 2.05) is 11.8 Å². The van der Waals surface area contributed by atoms with Crippen LogP contribution in [0.5, 0.6) is 0 Å². The lowest BCUT2D eigenvalue weighted by atomic mass is 10.3. The molecule has 0 bridgehead atoms. The Hall–Kier alpha value is 0.0500. The van der Waals surface area contributed by atoms with E-state index >= 15 is 0 Å². The van der Waals surface area contributed by atoms with Gasteiger partial charge in [-0.2, -0.15) is 23.1 Å². The van der Waals surface area contributed by atoms with Gasteiger partial charge in [-0.3, -0.25) is 4.99 Å². The molecule has 0 radical (unpaired) electrons. The Morgan fingerprint density at radius 2 is 2.29 bits per heavy atom. The van der Waals surface area contributed by atoms with E-state index in [9.17, 15) is 0 Å². The number of nitrogens with zero attached hydrogens (tertiary/aromatic N) is 1. The first-order valence-corrected chi connectivity index (χ1v) is 7.65. The van der Waals surface area contributed by atoms with Gasteiger partial charge in [-0.25, -0.2) is 0 Å². The molecule has 0 aliphatic heterocycles. The minimum Gasteiger partial charge on any atom is -0.356 e. The Morgan fingerprint density at radius 1 is 1.47 bits per heavy atom. The number of thioether (sulfide) groups is 1. The standard InChI is InChI=1S/C11H19N3S2.HI/c1-12-11(13-5-3-6-15-2)14-8-10-4-7-16-9-10;/h4,7,9H,3,5-6,8H2,1-2H3,(H2,12,13,14);1H. The zero-order valence-corrected chi connectivity index (χ0v) is 14.2. The molecule has 1 aromatic heterocycles. The van der Waals surface area contributed by atoms with Crippen molar-refractivity contribution in [2.75, 3.05) is 25.6 Å². The van der Waals surface area contributed by atoms with Crippen LogP contribution in [0.3, 0.4) is 0 Å². The molecule has 6 heteroatoms. The van der Waals surface area contributed by atoms with E-state index in [0.29, 0.717) is 0 Å². The summed E-state index contributed by atoms with van der Waals surface area (Å²) in [4.78, 5) is 4.18. The van der Waals surface area contributed by atoms with Gasteiger partial charge in [0.15, 0.2) is 5.96 Å². The first-order chi connectivity index (χ1) is 7.86. The van der Waals surface area contributed by atoms with Crippen molar-refractivity contribution in [2.45, 2.75) is 13.0 Å². The van der Waals surface area contributed by atoms with E-state index in [-0.39, 0.29) is 24.0 Å². The topological polar surface area (TPSA) is 36.4 Å². The first kappa shape index (κ1) is 17.1. The molecule has 2 N–H and O–H groups in total. The minimum atomic E-state index is 0. The maximum atomic E-state index is 4.18. The van der Waals surface area contributed by atoms with Gasteiger partial charge in [-0.1, -0.05) is 0 Å². The number of hydrogen-bond donors (Lipinski definition) is 2. The van der Waals surface area contributed by atoms with Crippen molar-refractivity contribution < 1.29 is 0 Å². The van der Waals surface area contributed by atoms with Crippen LogP contribution in [0.1, 0.15) is 12.0 Å². The van der Waals surface area contributed by atoms with Crippen LogP contribution in [0.15, 0.2) is 21.8 Å². The molecule has 0 fully saturated rings. The molecule has 1 rings (SSSR count). The SMILES string of the molecule is CN=C(NCCCSC)NCc1ccsc1.I. The van der Waals surface area contributed by atoms with E-state index in [4.69, 9.17) is 0 Å². The summed E-state index contributed by atoms with van der Waals surface area (Å²) in [6.45, 7) is 1.82. The third kappa shape index (κ3) is 7.88. The fourth-order valence-corrected chi connectivity index (χ4v) is 2.32. The summed E-state index contributed by atoms with van der Waals surface area (Å²) in [6.07, 6.45) is 3.30. The van der Waals surface area contributed by atoms with Gasteiger partial charge in [0, 0.05) is 20.1 Å². The lowest BCUT2D eigenvalue weighted by Gasteiger charge is -2.10. The largest absolute Gasteiger partial charge is 0.356 e. The second kappa shape index (κ2) is 11.2. The predicted molar refractivity (Wildman–Crippen MR) is 90.9 cm³/mol. The summed E-state index contributed by atoms with van der Waals surface area (Å²) in [5, 5.41) is 10.8. The minimum absolute atomic E-state index is 0. The molecule has 0 atom stereocenters. The van der Waals surface area contributed by atoms with Crippen molar-refractivity contribution in [3.05, 3.63) is 22.4 Å². The lowest BCUT2D eigenvalue weighted by Crippen LogP contribution is -2.37. The third-order valence-electron chi connectivity index (χ3n) is 2.08. The molecule has 0 spiro atoms. The zero-order chi connectivity index (χ0) is 11.6. The Bertz CT molecular complexity index is 302. The first-order valence-electron chi connectivity index (χ1n) is 5.31. The van der Waals surface area contributed by atoms with Gasteiger partial charge in [-0.15, -0.1) is 24.0 Å². The van der Waals surface area contributed by atoms with Gasteiger partial charge >= 0.3 is 0 Å². The van der Waals surface area contributed by atoms with Crippen LogP contribution in [0.25, 0.3) is 0 Å². The van der Waals surface area contributed by atoms with Crippen molar-refractivity contribution in [3.8, 4) is 0 Å². The van der Waals surface area contributed by atoms with Gasteiger partial charge in [-0.05, 0) is 40.8 Å². The van der Waals surface area contributed by atoms with Crippen LogP contribution < -0.4 is 10.6 Å². The van der Waals surface area contributed by atoms with E-state index in [1.165, 1.54) is 17.7 Å². The molecule has 98 valence electrons. The van der Waals surface area contributed by atoms with Crippen molar-refractivity contribution in [3.63, 3.8) is 0 Å². The maximum Gasteiger partial charge on any atom is 0.191 e. The number of rotatable bonds is 6. The van der Waals surface area contributed by atoms with Gasteiger partial charge in [0.1, 0.15) is 0 Å². The maximum absolute atomic E-state index is 4.18. The number of halogens is 1.